The standard InChI is InChI=1S/C28H31N5O2S/c1-19-10-12-20(13-11-19)16-26(34)29-24-17-21(14-15-25(24)36-28(2,3)4)22-8-6-7-9-23(22)27-30-32-33(31-27)18-35-5/h6-15,17H,16,18H2,1-5H3,(H,29,34). The third kappa shape index (κ3) is 6.59. The highest BCUT2D eigenvalue weighted by molar-refractivity contribution is 8.00. The van der Waals surface area contributed by atoms with Crippen LogP contribution in [0, 0.1) is 6.92 Å². The van der Waals surface area contributed by atoms with Gasteiger partial charge in [0.25, 0.3) is 0 Å². The number of aromatic nitrogens is 4. The molecule has 186 valence electrons. The van der Waals surface area contributed by atoms with Gasteiger partial charge in [-0.15, -0.1) is 26.8 Å². The topological polar surface area (TPSA) is 81.9 Å². The van der Waals surface area contributed by atoms with Crippen LogP contribution in [0.3, 0.4) is 0 Å². The van der Waals surface area contributed by atoms with Crippen molar-refractivity contribution in [1.29, 1.82) is 0 Å². The van der Waals surface area contributed by atoms with Crippen LogP contribution in [-0.2, 0) is 22.7 Å². The minimum absolute atomic E-state index is 0.0143. The summed E-state index contributed by atoms with van der Waals surface area (Å²) in [5.74, 6) is 0.463. The van der Waals surface area contributed by atoms with Gasteiger partial charge in [0.15, 0.2) is 6.73 Å². The maximum absolute atomic E-state index is 13.0. The fraction of sp³-hybridized carbons (Fsp3) is 0.286. The molecule has 0 fully saturated rings. The summed E-state index contributed by atoms with van der Waals surface area (Å²) in [5, 5.41) is 15.9. The van der Waals surface area contributed by atoms with E-state index in [1.165, 1.54) is 10.4 Å². The molecule has 7 nitrogen and oxygen atoms in total. The first-order chi connectivity index (χ1) is 17.2. The molecule has 3 aromatic carbocycles. The molecular formula is C28H31N5O2S. The molecule has 0 aliphatic heterocycles. The molecule has 1 amide bonds. The number of carbonyl (C=O) groups excluding carboxylic acids is 1. The molecule has 4 rings (SSSR count). The Kier molecular flexibility index (Phi) is 7.86. The monoisotopic (exact) mass is 501 g/mol. The minimum Gasteiger partial charge on any atom is -0.361 e. The summed E-state index contributed by atoms with van der Waals surface area (Å²) in [7, 11) is 1.59. The number of hydrogen-bond acceptors (Lipinski definition) is 6. The van der Waals surface area contributed by atoms with Gasteiger partial charge in [0.1, 0.15) is 0 Å². The van der Waals surface area contributed by atoms with Crippen molar-refractivity contribution >= 4 is 23.4 Å². The van der Waals surface area contributed by atoms with E-state index >= 15 is 0 Å². The number of carbonyl (C=O) groups is 1. The van der Waals surface area contributed by atoms with E-state index in [-0.39, 0.29) is 17.4 Å². The number of hydrogen-bond donors (Lipinski definition) is 1. The van der Waals surface area contributed by atoms with Gasteiger partial charge in [-0.2, -0.15) is 0 Å². The summed E-state index contributed by atoms with van der Waals surface area (Å²) in [6, 6.07) is 22.1. The van der Waals surface area contributed by atoms with Gasteiger partial charge < -0.3 is 10.1 Å². The van der Waals surface area contributed by atoms with Crippen molar-refractivity contribution in [3.63, 3.8) is 0 Å². The molecule has 0 atom stereocenters. The summed E-state index contributed by atoms with van der Waals surface area (Å²) in [5.41, 5.74) is 5.71. The number of anilines is 1. The first-order valence-corrected chi connectivity index (χ1v) is 12.6. The number of nitrogens with zero attached hydrogens (tertiary/aromatic N) is 4. The van der Waals surface area contributed by atoms with Crippen LogP contribution >= 0.6 is 11.8 Å². The number of benzene rings is 3. The summed E-state index contributed by atoms with van der Waals surface area (Å²) < 4.78 is 5.09. The van der Waals surface area contributed by atoms with Crippen molar-refractivity contribution in [2.45, 2.75) is 50.5 Å². The van der Waals surface area contributed by atoms with Crippen molar-refractivity contribution in [1.82, 2.24) is 20.2 Å². The van der Waals surface area contributed by atoms with E-state index in [0.29, 0.717) is 12.2 Å². The van der Waals surface area contributed by atoms with Crippen LogP contribution in [0.5, 0.6) is 0 Å². The fourth-order valence-electron chi connectivity index (χ4n) is 3.75. The van der Waals surface area contributed by atoms with Gasteiger partial charge in [0.2, 0.25) is 11.7 Å². The van der Waals surface area contributed by atoms with Crippen molar-refractivity contribution in [3.05, 3.63) is 77.9 Å². The zero-order valence-electron chi connectivity index (χ0n) is 21.3. The zero-order chi connectivity index (χ0) is 25.7. The molecule has 0 saturated carbocycles. The third-order valence-electron chi connectivity index (χ3n) is 5.33. The molecule has 36 heavy (non-hydrogen) atoms. The average Bonchev–Trinajstić information content (AvgIpc) is 3.30. The molecule has 1 N–H and O–H groups in total. The van der Waals surface area contributed by atoms with Gasteiger partial charge in [-0.3, -0.25) is 4.79 Å². The highest BCUT2D eigenvalue weighted by atomic mass is 32.2. The summed E-state index contributed by atoms with van der Waals surface area (Å²) in [6.45, 7) is 8.75. The number of methoxy groups -OCH3 is 1. The lowest BCUT2D eigenvalue weighted by Gasteiger charge is -2.21. The highest BCUT2D eigenvalue weighted by Gasteiger charge is 2.19. The second kappa shape index (κ2) is 11.1. The van der Waals surface area contributed by atoms with Crippen LogP contribution in [0.15, 0.2) is 71.6 Å². The predicted octanol–water partition coefficient (Wildman–Crippen LogP) is 5.99. The SMILES string of the molecule is COCn1nnc(-c2ccccc2-c2ccc(SC(C)(C)C)c(NC(=O)Cc3ccc(C)cc3)c2)n1. The normalized spacial score (nSPS) is 11.5. The molecule has 0 spiro atoms. The summed E-state index contributed by atoms with van der Waals surface area (Å²) in [4.78, 5) is 15.4. The second-order valence-corrected chi connectivity index (χ2v) is 11.5. The lowest BCUT2D eigenvalue weighted by molar-refractivity contribution is -0.115. The van der Waals surface area contributed by atoms with Crippen LogP contribution in [0.4, 0.5) is 5.69 Å². The molecule has 0 aliphatic rings. The molecule has 0 bridgehead atoms. The molecule has 0 radical (unpaired) electrons. The molecule has 4 aromatic rings. The zero-order valence-corrected chi connectivity index (χ0v) is 22.1. The van der Waals surface area contributed by atoms with E-state index in [1.54, 1.807) is 18.9 Å². The summed E-state index contributed by atoms with van der Waals surface area (Å²) in [6.07, 6.45) is 0.313. The lowest BCUT2D eigenvalue weighted by Crippen LogP contribution is -2.16. The molecule has 0 unspecified atom stereocenters. The number of ether oxygens (including phenoxy) is 1. The van der Waals surface area contributed by atoms with E-state index in [9.17, 15) is 4.79 Å². The molecule has 0 aliphatic carbocycles. The molecular weight excluding hydrogens is 470 g/mol. The lowest BCUT2D eigenvalue weighted by atomic mass is 9.99. The maximum atomic E-state index is 13.0. The maximum Gasteiger partial charge on any atom is 0.228 e. The smallest absolute Gasteiger partial charge is 0.228 e. The Bertz CT molecular complexity index is 1340. The quantitative estimate of drug-likeness (QED) is 0.299. The van der Waals surface area contributed by atoms with E-state index in [0.717, 1.165) is 32.8 Å². The van der Waals surface area contributed by atoms with Crippen molar-refractivity contribution in [2.75, 3.05) is 12.4 Å². The highest BCUT2D eigenvalue weighted by Crippen LogP contribution is 2.40. The van der Waals surface area contributed by atoms with Crippen molar-refractivity contribution in [3.8, 4) is 22.5 Å². The second-order valence-electron chi connectivity index (χ2n) is 9.58. The number of thioether (sulfide) groups is 1. The Labute approximate surface area is 216 Å². The Hall–Kier alpha value is -3.49. The summed E-state index contributed by atoms with van der Waals surface area (Å²) >= 11 is 1.72. The largest absolute Gasteiger partial charge is 0.361 e. The fourth-order valence-corrected chi connectivity index (χ4v) is 4.77. The number of tetrazole rings is 1. The van der Waals surface area contributed by atoms with Crippen molar-refractivity contribution in [2.24, 2.45) is 0 Å². The van der Waals surface area contributed by atoms with E-state index < -0.39 is 0 Å². The molecule has 8 heteroatoms. The molecule has 1 heterocycles. The van der Waals surface area contributed by atoms with Crippen LogP contribution in [0.2, 0.25) is 0 Å². The first kappa shape index (κ1) is 25.6. The van der Waals surface area contributed by atoms with Gasteiger partial charge in [-0.05, 0) is 41.0 Å². The van der Waals surface area contributed by atoms with E-state index in [2.05, 4.69) is 53.6 Å². The Morgan fingerprint density at radius 2 is 1.75 bits per heavy atom. The predicted molar refractivity (Wildman–Crippen MR) is 145 cm³/mol. The first-order valence-electron chi connectivity index (χ1n) is 11.8. The Morgan fingerprint density at radius 1 is 1.03 bits per heavy atom. The van der Waals surface area contributed by atoms with Crippen molar-refractivity contribution < 1.29 is 9.53 Å². The molecule has 1 aromatic heterocycles. The Morgan fingerprint density at radius 3 is 2.44 bits per heavy atom. The van der Waals surface area contributed by atoms with E-state index in [4.69, 9.17) is 4.74 Å². The third-order valence-corrected chi connectivity index (χ3v) is 6.52. The van der Waals surface area contributed by atoms with Gasteiger partial charge in [0.05, 0.1) is 12.1 Å². The average molecular weight is 502 g/mol. The van der Waals surface area contributed by atoms with Crippen LogP contribution in [0.25, 0.3) is 22.5 Å². The minimum atomic E-state index is -0.0516. The van der Waals surface area contributed by atoms with Gasteiger partial charge in [-0.25, -0.2) is 0 Å². The van der Waals surface area contributed by atoms with Gasteiger partial charge in [-0.1, -0.05) is 80.9 Å². The van der Waals surface area contributed by atoms with Crippen LogP contribution in [-0.4, -0.2) is 38.0 Å². The Balaban J connectivity index is 1.68. The number of rotatable bonds is 8. The number of nitrogens with one attached hydrogen (secondary N) is 1. The van der Waals surface area contributed by atoms with Crippen LogP contribution in [0.1, 0.15) is 31.9 Å². The van der Waals surface area contributed by atoms with Gasteiger partial charge >= 0.3 is 0 Å². The van der Waals surface area contributed by atoms with Gasteiger partial charge in [0, 0.05) is 22.3 Å². The van der Waals surface area contributed by atoms with E-state index in [1.807, 2.05) is 61.5 Å². The number of amides is 1. The van der Waals surface area contributed by atoms with Crippen LogP contribution < -0.4 is 5.32 Å². The molecule has 0 saturated heterocycles. The number of aryl methyl sites for hydroxylation is 1.